The molecule has 0 aliphatic rings. The second kappa shape index (κ2) is 4.86. The topological polar surface area (TPSA) is 42.7 Å². The summed E-state index contributed by atoms with van der Waals surface area (Å²) in [6, 6.07) is 0. The van der Waals surface area contributed by atoms with E-state index in [1.807, 2.05) is 0 Å². The van der Waals surface area contributed by atoms with Gasteiger partial charge in [-0.25, -0.2) is 13.8 Å². The molecule has 1 aromatic heterocycles. The Morgan fingerprint density at radius 3 is 2.92 bits per heavy atom. The summed E-state index contributed by atoms with van der Waals surface area (Å²) >= 11 is 0. The van der Waals surface area contributed by atoms with E-state index in [1.165, 1.54) is 0 Å². The van der Waals surface area contributed by atoms with Gasteiger partial charge in [-0.1, -0.05) is 0 Å². The maximum Gasteiger partial charge on any atom is 0.250 e. The van der Waals surface area contributed by atoms with Crippen molar-refractivity contribution < 1.29 is 8.78 Å². The van der Waals surface area contributed by atoms with E-state index in [1.54, 1.807) is 18.1 Å². The van der Waals surface area contributed by atoms with Crippen molar-refractivity contribution in [2.75, 3.05) is 13.1 Å². The molecule has 0 spiro atoms. The number of aryl methyl sites for hydroxylation is 1. The summed E-state index contributed by atoms with van der Waals surface area (Å²) in [6.07, 6.45) is -0.132. The first-order valence-corrected chi connectivity index (χ1v) is 4.02. The summed E-state index contributed by atoms with van der Waals surface area (Å²) in [6.45, 7) is 0.210. The standard InChI is InChI=1S/C7H12F2N4/c1-13-5-11-7(12-13)2-3-10-4-6(8)9/h5-6,10H,2-4H2,1H3. The minimum absolute atomic E-state index is 0.271. The quantitative estimate of drug-likeness (QED) is 0.675. The number of halogens is 2. The van der Waals surface area contributed by atoms with E-state index in [4.69, 9.17) is 0 Å². The van der Waals surface area contributed by atoms with Crippen molar-refractivity contribution >= 4 is 0 Å². The first-order chi connectivity index (χ1) is 6.18. The van der Waals surface area contributed by atoms with Gasteiger partial charge in [-0.15, -0.1) is 0 Å². The molecule has 0 atom stereocenters. The molecule has 0 aliphatic carbocycles. The number of hydrogen-bond acceptors (Lipinski definition) is 3. The number of hydrogen-bond donors (Lipinski definition) is 1. The molecule has 6 heteroatoms. The number of rotatable bonds is 5. The molecular weight excluding hydrogens is 178 g/mol. The van der Waals surface area contributed by atoms with Crippen LogP contribution in [0.5, 0.6) is 0 Å². The van der Waals surface area contributed by atoms with Gasteiger partial charge in [0.25, 0.3) is 6.43 Å². The third-order valence-corrected chi connectivity index (χ3v) is 1.47. The molecule has 4 nitrogen and oxygen atoms in total. The van der Waals surface area contributed by atoms with Crippen molar-refractivity contribution in [1.29, 1.82) is 0 Å². The average Bonchev–Trinajstić information content (AvgIpc) is 2.45. The highest BCUT2D eigenvalue weighted by atomic mass is 19.3. The molecule has 1 rings (SSSR count). The average molecular weight is 190 g/mol. The zero-order valence-electron chi connectivity index (χ0n) is 7.37. The normalized spacial score (nSPS) is 11.1. The van der Waals surface area contributed by atoms with Crippen molar-refractivity contribution in [2.24, 2.45) is 7.05 Å². The monoisotopic (exact) mass is 190 g/mol. The largest absolute Gasteiger partial charge is 0.311 e. The molecule has 0 amide bonds. The Balaban J connectivity index is 2.13. The summed E-state index contributed by atoms with van der Waals surface area (Å²) in [5.74, 6) is 0.671. The van der Waals surface area contributed by atoms with E-state index in [0.29, 0.717) is 18.8 Å². The Morgan fingerprint density at radius 2 is 2.38 bits per heavy atom. The lowest BCUT2D eigenvalue weighted by molar-refractivity contribution is 0.146. The molecule has 13 heavy (non-hydrogen) atoms. The smallest absolute Gasteiger partial charge is 0.250 e. The van der Waals surface area contributed by atoms with Crippen LogP contribution in [0.1, 0.15) is 5.82 Å². The van der Waals surface area contributed by atoms with E-state index in [-0.39, 0.29) is 6.54 Å². The van der Waals surface area contributed by atoms with Gasteiger partial charge >= 0.3 is 0 Å². The molecule has 0 saturated carbocycles. The minimum Gasteiger partial charge on any atom is -0.311 e. The van der Waals surface area contributed by atoms with Gasteiger partial charge in [0.05, 0.1) is 6.54 Å². The molecule has 0 aromatic carbocycles. The molecule has 1 N–H and O–H groups in total. The Hall–Kier alpha value is -1.04. The van der Waals surface area contributed by atoms with Crippen LogP contribution in [-0.4, -0.2) is 34.3 Å². The van der Waals surface area contributed by atoms with E-state index in [9.17, 15) is 8.78 Å². The van der Waals surface area contributed by atoms with E-state index in [2.05, 4.69) is 15.4 Å². The van der Waals surface area contributed by atoms with Gasteiger partial charge in [-0.2, -0.15) is 5.10 Å². The molecule has 1 aromatic rings. The van der Waals surface area contributed by atoms with Gasteiger partial charge in [0.1, 0.15) is 6.33 Å². The predicted molar refractivity (Wildman–Crippen MR) is 43.6 cm³/mol. The highest BCUT2D eigenvalue weighted by Crippen LogP contribution is 1.90. The van der Waals surface area contributed by atoms with Gasteiger partial charge in [-0.3, -0.25) is 4.68 Å². The van der Waals surface area contributed by atoms with Crippen LogP contribution >= 0.6 is 0 Å². The van der Waals surface area contributed by atoms with Crippen LogP contribution in [0, 0.1) is 0 Å². The second-order valence-electron chi connectivity index (χ2n) is 2.68. The molecule has 0 fully saturated rings. The van der Waals surface area contributed by atoms with E-state index < -0.39 is 6.43 Å². The number of alkyl halides is 2. The fraction of sp³-hybridized carbons (Fsp3) is 0.714. The highest BCUT2D eigenvalue weighted by Gasteiger charge is 2.01. The van der Waals surface area contributed by atoms with Crippen molar-refractivity contribution in [1.82, 2.24) is 20.1 Å². The minimum atomic E-state index is -2.29. The Morgan fingerprint density at radius 1 is 1.62 bits per heavy atom. The van der Waals surface area contributed by atoms with Gasteiger partial charge in [0.15, 0.2) is 5.82 Å². The molecule has 74 valence electrons. The van der Waals surface area contributed by atoms with E-state index in [0.717, 1.165) is 0 Å². The summed E-state index contributed by atoms with van der Waals surface area (Å²) in [5.41, 5.74) is 0. The molecule has 0 aliphatic heterocycles. The van der Waals surface area contributed by atoms with Crippen LogP contribution in [0.15, 0.2) is 6.33 Å². The fourth-order valence-electron chi connectivity index (χ4n) is 0.910. The van der Waals surface area contributed by atoms with Gasteiger partial charge in [0.2, 0.25) is 0 Å². The van der Waals surface area contributed by atoms with Gasteiger partial charge < -0.3 is 5.32 Å². The molecule has 0 radical (unpaired) electrons. The first kappa shape index (κ1) is 10.0. The third-order valence-electron chi connectivity index (χ3n) is 1.47. The van der Waals surface area contributed by atoms with Gasteiger partial charge in [0, 0.05) is 20.0 Å². The highest BCUT2D eigenvalue weighted by molar-refractivity contribution is 4.81. The van der Waals surface area contributed by atoms with Crippen LogP contribution in [0.4, 0.5) is 8.78 Å². The Labute approximate surface area is 75.0 Å². The van der Waals surface area contributed by atoms with Crippen molar-refractivity contribution in [3.63, 3.8) is 0 Å². The number of nitrogens with zero attached hydrogens (tertiary/aromatic N) is 3. The Bertz CT molecular complexity index is 248. The zero-order valence-corrected chi connectivity index (χ0v) is 7.37. The van der Waals surface area contributed by atoms with Crippen LogP contribution < -0.4 is 5.32 Å². The SMILES string of the molecule is Cn1cnc(CCNCC(F)F)n1. The molecule has 0 unspecified atom stereocenters. The van der Waals surface area contributed by atoms with Crippen LogP contribution in [0.2, 0.25) is 0 Å². The number of nitrogens with one attached hydrogen (secondary N) is 1. The second-order valence-corrected chi connectivity index (χ2v) is 2.68. The molecule has 0 bridgehead atoms. The molecule has 0 saturated heterocycles. The lowest BCUT2D eigenvalue weighted by Crippen LogP contribution is -2.23. The number of aromatic nitrogens is 3. The first-order valence-electron chi connectivity index (χ1n) is 4.02. The molecule has 1 heterocycles. The predicted octanol–water partition coefficient (Wildman–Crippen LogP) is 0.212. The van der Waals surface area contributed by atoms with Crippen molar-refractivity contribution in [3.05, 3.63) is 12.2 Å². The summed E-state index contributed by atoms with van der Waals surface area (Å²) in [7, 11) is 1.77. The van der Waals surface area contributed by atoms with Gasteiger partial charge in [-0.05, 0) is 0 Å². The van der Waals surface area contributed by atoms with Crippen molar-refractivity contribution in [2.45, 2.75) is 12.8 Å². The lowest BCUT2D eigenvalue weighted by Gasteiger charge is -2.00. The van der Waals surface area contributed by atoms with Crippen LogP contribution in [0.3, 0.4) is 0 Å². The maximum absolute atomic E-state index is 11.7. The van der Waals surface area contributed by atoms with E-state index >= 15 is 0 Å². The van der Waals surface area contributed by atoms with Crippen molar-refractivity contribution in [3.8, 4) is 0 Å². The third kappa shape index (κ3) is 3.93. The zero-order chi connectivity index (χ0) is 9.68. The fourth-order valence-corrected chi connectivity index (χ4v) is 0.910. The summed E-state index contributed by atoms with van der Waals surface area (Å²) in [5, 5.41) is 6.61. The van der Waals surface area contributed by atoms with Crippen LogP contribution in [0.25, 0.3) is 0 Å². The van der Waals surface area contributed by atoms with Crippen LogP contribution in [-0.2, 0) is 13.5 Å². The molecular formula is C7H12F2N4. The lowest BCUT2D eigenvalue weighted by atomic mass is 10.4. The summed E-state index contributed by atoms with van der Waals surface area (Å²) < 4.78 is 24.9. The Kier molecular flexibility index (Phi) is 3.75. The maximum atomic E-state index is 11.7. The summed E-state index contributed by atoms with van der Waals surface area (Å²) in [4.78, 5) is 3.96.